The molecule has 0 aliphatic rings. The van der Waals surface area contributed by atoms with Crippen LogP contribution in [0.2, 0.25) is 0 Å². The van der Waals surface area contributed by atoms with Gasteiger partial charge in [0.05, 0.1) is 4.92 Å². The zero-order valence-corrected chi connectivity index (χ0v) is 13.8. The van der Waals surface area contributed by atoms with Crippen LogP contribution in [0.15, 0.2) is 91.0 Å². The lowest BCUT2D eigenvalue weighted by Crippen LogP contribution is -1.90. The number of benzene rings is 4. The van der Waals surface area contributed by atoms with E-state index in [1.807, 2.05) is 42.5 Å². The smallest absolute Gasteiger partial charge is 0.269 e. The first kappa shape index (κ1) is 15.8. The molecule has 0 atom stereocenters. The summed E-state index contributed by atoms with van der Waals surface area (Å²) in [6.45, 7) is 0. The minimum Gasteiger partial charge on any atom is -0.457 e. The van der Waals surface area contributed by atoms with E-state index in [2.05, 4.69) is 24.3 Å². The Bertz CT molecular complexity index is 1080. The van der Waals surface area contributed by atoms with Crippen LogP contribution in [0.3, 0.4) is 0 Å². The van der Waals surface area contributed by atoms with Crippen LogP contribution in [0.5, 0.6) is 11.5 Å². The van der Waals surface area contributed by atoms with Gasteiger partial charge in [-0.25, -0.2) is 0 Å². The summed E-state index contributed by atoms with van der Waals surface area (Å²) in [7, 11) is 0. The molecule has 0 spiro atoms. The van der Waals surface area contributed by atoms with E-state index < -0.39 is 4.92 Å². The number of nitro benzene ring substituents is 1. The quantitative estimate of drug-likeness (QED) is 0.328. The van der Waals surface area contributed by atoms with Gasteiger partial charge in [0, 0.05) is 17.7 Å². The second kappa shape index (κ2) is 6.69. The Hall–Kier alpha value is -3.66. The molecule has 4 heteroatoms. The molecule has 0 heterocycles. The zero-order chi connectivity index (χ0) is 17.9. The predicted octanol–water partition coefficient (Wildman–Crippen LogP) is 6.21. The molecule has 0 bridgehead atoms. The molecule has 0 aliphatic heterocycles. The molecule has 0 saturated heterocycles. The molecule has 126 valence electrons. The molecular weight excluding hydrogens is 326 g/mol. The number of non-ortho nitro benzene ring substituents is 1. The van der Waals surface area contributed by atoms with Gasteiger partial charge in [0.15, 0.2) is 0 Å². The fourth-order valence-electron chi connectivity index (χ4n) is 3.00. The van der Waals surface area contributed by atoms with Crippen molar-refractivity contribution in [2.45, 2.75) is 0 Å². The topological polar surface area (TPSA) is 52.4 Å². The SMILES string of the molecule is O=[N+]([O-])c1ccc(Oc2ccccc2-c2cccc3ccccc23)cc1. The van der Waals surface area contributed by atoms with E-state index in [1.165, 1.54) is 12.1 Å². The number of fused-ring (bicyclic) bond motifs is 1. The van der Waals surface area contributed by atoms with Gasteiger partial charge in [-0.1, -0.05) is 60.7 Å². The van der Waals surface area contributed by atoms with Gasteiger partial charge in [0.2, 0.25) is 0 Å². The fourth-order valence-corrected chi connectivity index (χ4v) is 3.00. The molecule has 0 saturated carbocycles. The number of hydrogen-bond acceptors (Lipinski definition) is 3. The number of hydrogen-bond donors (Lipinski definition) is 0. The largest absolute Gasteiger partial charge is 0.457 e. The first-order chi connectivity index (χ1) is 12.7. The van der Waals surface area contributed by atoms with Crippen LogP contribution in [0, 0.1) is 10.1 Å². The summed E-state index contributed by atoms with van der Waals surface area (Å²) >= 11 is 0. The highest BCUT2D eigenvalue weighted by atomic mass is 16.6. The number of nitro groups is 1. The highest BCUT2D eigenvalue weighted by molar-refractivity contribution is 5.97. The maximum absolute atomic E-state index is 10.8. The summed E-state index contributed by atoms with van der Waals surface area (Å²) in [5, 5.41) is 13.1. The van der Waals surface area contributed by atoms with Crippen molar-refractivity contribution >= 4 is 16.5 Å². The monoisotopic (exact) mass is 341 g/mol. The first-order valence-corrected chi connectivity index (χ1v) is 8.22. The van der Waals surface area contributed by atoms with Crippen molar-refractivity contribution < 1.29 is 9.66 Å². The first-order valence-electron chi connectivity index (χ1n) is 8.22. The summed E-state index contributed by atoms with van der Waals surface area (Å²) in [6.07, 6.45) is 0. The molecular formula is C22H15NO3. The molecule has 0 radical (unpaired) electrons. The Labute approximate surface area is 150 Å². The summed E-state index contributed by atoms with van der Waals surface area (Å²) in [5.74, 6) is 1.26. The average Bonchev–Trinajstić information content (AvgIpc) is 2.68. The Morgan fingerprint density at radius 3 is 2.15 bits per heavy atom. The van der Waals surface area contributed by atoms with Crippen LogP contribution >= 0.6 is 0 Å². The van der Waals surface area contributed by atoms with Gasteiger partial charge >= 0.3 is 0 Å². The van der Waals surface area contributed by atoms with Crippen molar-refractivity contribution in [2.24, 2.45) is 0 Å². The zero-order valence-electron chi connectivity index (χ0n) is 13.8. The van der Waals surface area contributed by atoms with Gasteiger partial charge in [0.25, 0.3) is 5.69 Å². The van der Waals surface area contributed by atoms with E-state index in [0.29, 0.717) is 11.5 Å². The van der Waals surface area contributed by atoms with Crippen molar-refractivity contribution in [1.82, 2.24) is 0 Å². The van der Waals surface area contributed by atoms with E-state index in [4.69, 9.17) is 4.74 Å². The van der Waals surface area contributed by atoms with Crippen molar-refractivity contribution in [3.8, 4) is 22.6 Å². The lowest BCUT2D eigenvalue weighted by Gasteiger charge is -2.13. The average molecular weight is 341 g/mol. The van der Waals surface area contributed by atoms with Crippen LogP contribution in [0.4, 0.5) is 5.69 Å². The number of nitrogens with zero attached hydrogens (tertiary/aromatic N) is 1. The van der Waals surface area contributed by atoms with Crippen LogP contribution < -0.4 is 4.74 Å². The third-order valence-corrected chi connectivity index (χ3v) is 4.24. The highest BCUT2D eigenvalue weighted by Gasteiger charge is 2.11. The van der Waals surface area contributed by atoms with E-state index >= 15 is 0 Å². The molecule has 0 N–H and O–H groups in total. The normalized spacial score (nSPS) is 10.6. The lowest BCUT2D eigenvalue weighted by atomic mass is 9.98. The summed E-state index contributed by atoms with van der Waals surface area (Å²) in [4.78, 5) is 10.4. The van der Waals surface area contributed by atoms with Crippen LogP contribution in [-0.4, -0.2) is 4.92 Å². The standard InChI is InChI=1S/C22H15NO3/c24-23(25)17-12-14-18(15-13-17)26-22-11-4-3-9-21(22)20-10-5-7-16-6-1-2-8-19(16)20/h1-15H. The Morgan fingerprint density at radius 1 is 0.692 bits per heavy atom. The minimum absolute atomic E-state index is 0.0414. The molecule has 0 amide bonds. The second-order valence-corrected chi connectivity index (χ2v) is 5.88. The molecule has 0 aliphatic carbocycles. The third-order valence-electron chi connectivity index (χ3n) is 4.24. The molecule has 26 heavy (non-hydrogen) atoms. The summed E-state index contributed by atoms with van der Waals surface area (Å²) < 4.78 is 6.02. The number of rotatable bonds is 4. The van der Waals surface area contributed by atoms with E-state index in [9.17, 15) is 10.1 Å². The van der Waals surface area contributed by atoms with Crippen molar-refractivity contribution in [2.75, 3.05) is 0 Å². The third kappa shape index (κ3) is 3.00. The van der Waals surface area contributed by atoms with E-state index in [-0.39, 0.29) is 5.69 Å². The Morgan fingerprint density at radius 2 is 1.35 bits per heavy atom. The molecule has 0 aromatic heterocycles. The van der Waals surface area contributed by atoms with Crippen molar-refractivity contribution in [3.63, 3.8) is 0 Å². The predicted molar refractivity (Wildman–Crippen MR) is 103 cm³/mol. The van der Waals surface area contributed by atoms with Gasteiger partial charge in [-0.3, -0.25) is 10.1 Å². The van der Waals surface area contributed by atoms with Crippen LogP contribution in [-0.2, 0) is 0 Å². The summed E-state index contributed by atoms with van der Waals surface area (Å²) in [5.41, 5.74) is 2.10. The summed E-state index contributed by atoms with van der Waals surface area (Å²) in [6, 6.07) is 28.3. The van der Waals surface area contributed by atoms with Gasteiger partial charge in [-0.2, -0.15) is 0 Å². The molecule has 4 nitrogen and oxygen atoms in total. The van der Waals surface area contributed by atoms with Crippen molar-refractivity contribution in [1.29, 1.82) is 0 Å². The van der Waals surface area contributed by atoms with Gasteiger partial charge in [-0.15, -0.1) is 0 Å². The molecule has 4 aromatic carbocycles. The fraction of sp³-hybridized carbons (Fsp3) is 0. The highest BCUT2D eigenvalue weighted by Crippen LogP contribution is 2.37. The Kier molecular flexibility index (Phi) is 4.07. The maximum Gasteiger partial charge on any atom is 0.269 e. The minimum atomic E-state index is -0.423. The van der Waals surface area contributed by atoms with Gasteiger partial charge < -0.3 is 4.74 Å². The molecule has 4 aromatic rings. The number of ether oxygens (including phenoxy) is 1. The van der Waals surface area contributed by atoms with Gasteiger partial charge in [0.1, 0.15) is 11.5 Å². The van der Waals surface area contributed by atoms with Gasteiger partial charge in [-0.05, 0) is 34.5 Å². The van der Waals surface area contributed by atoms with E-state index in [0.717, 1.165) is 21.9 Å². The van der Waals surface area contributed by atoms with Crippen LogP contribution in [0.25, 0.3) is 21.9 Å². The Balaban J connectivity index is 1.76. The molecule has 0 unspecified atom stereocenters. The molecule has 4 rings (SSSR count). The second-order valence-electron chi connectivity index (χ2n) is 5.88. The maximum atomic E-state index is 10.8. The van der Waals surface area contributed by atoms with Crippen LogP contribution in [0.1, 0.15) is 0 Å². The van der Waals surface area contributed by atoms with Crippen molar-refractivity contribution in [3.05, 3.63) is 101 Å². The molecule has 0 fully saturated rings. The lowest BCUT2D eigenvalue weighted by molar-refractivity contribution is -0.384. The van der Waals surface area contributed by atoms with E-state index in [1.54, 1.807) is 12.1 Å². The number of para-hydroxylation sites is 1.